The van der Waals surface area contributed by atoms with Crippen molar-refractivity contribution in [2.75, 3.05) is 18.4 Å². The van der Waals surface area contributed by atoms with Crippen molar-refractivity contribution in [2.45, 2.75) is 77.6 Å². The third-order valence-corrected chi connectivity index (χ3v) is 5.59. The minimum atomic E-state index is -0.894. The van der Waals surface area contributed by atoms with E-state index in [1.165, 1.54) is 61.8 Å². The van der Waals surface area contributed by atoms with Gasteiger partial charge in [-0.05, 0) is 42.9 Å². The van der Waals surface area contributed by atoms with Gasteiger partial charge in [0, 0.05) is 25.2 Å². The van der Waals surface area contributed by atoms with Crippen LogP contribution in [0.15, 0.2) is 24.3 Å². The molecule has 0 bridgehead atoms. The molecule has 1 saturated heterocycles. The van der Waals surface area contributed by atoms with Gasteiger partial charge in [0.25, 0.3) is 0 Å². The molecule has 0 saturated carbocycles. The number of unbranched alkanes of at least 4 members (excludes halogenated alkanes) is 7. The fourth-order valence-corrected chi connectivity index (χ4v) is 3.86. The molecule has 1 heterocycles. The number of carboxylic acid groups (broad SMARTS) is 1. The third-order valence-electron chi connectivity index (χ3n) is 5.59. The number of amides is 2. The van der Waals surface area contributed by atoms with Crippen LogP contribution in [0.5, 0.6) is 0 Å². The lowest BCUT2D eigenvalue weighted by molar-refractivity contribution is -0.117. The molecule has 1 aliphatic rings. The molecule has 156 valence electrons. The van der Waals surface area contributed by atoms with Crippen molar-refractivity contribution in [1.82, 2.24) is 4.90 Å². The lowest BCUT2D eigenvalue weighted by Gasteiger charge is -2.12. The summed E-state index contributed by atoms with van der Waals surface area (Å²) < 4.78 is 0. The molecule has 0 radical (unpaired) electrons. The number of rotatable bonds is 12. The SMILES string of the molecule is CCCCCCCCCCc1ccc(NC(=O)C[C@H]2CCN(C(=O)O)C2)cc1. The summed E-state index contributed by atoms with van der Waals surface area (Å²) in [4.78, 5) is 24.5. The number of carbonyl (C=O) groups is 2. The van der Waals surface area contributed by atoms with Crippen LogP contribution in [0.2, 0.25) is 0 Å². The predicted molar refractivity (Wildman–Crippen MR) is 114 cm³/mol. The van der Waals surface area contributed by atoms with Crippen LogP contribution in [-0.2, 0) is 11.2 Å². The third kappa shape index (κ3) is 8.32. The van der Waals surface area contributed by atoms with Gasteiger partial charge in [0.1, 0.15) is 0 Å². The second kappa shape index (κ2) is 12.4. The molecule has 0 spiro atoms. The summed E-state index contributed by atoms with van der Waals surface area (Å²) in [5.41, 5.74) is 2.13. The lowest BCUT2D eigenvalue weighted by atomic mass is 10.0. The van der Waals surface area contributed by atoms with Gasteiger partial charge in [-0.25, -0.2) is 4.79 Å². The summed E-state index contributed by atoms with van der Waals surface area (Å²) in [7, 11) is 0. The molecule has 2 amide bonds. The predicted octanol–water partition coefficient (Wildman–Crippen LogP) is 5.70. The lowest BCUT2D eigenvalue weighted by Crippen LogP contribution is -2.27. The maximum Gasteiger partial charge on any atom is 0.407 e. The molecule has 0 unspecified atom stereocenters. The number of aryl methyl sites for hydroxylation is 1. The Morgan fingerprint density at radius 1 is 1.04 bits per heavy atom. The highest BCUT2D eigenvalue weighted by molar-refractivity contribution is 5.90. The average Bonchev–Trinajstić information content (AvgIpc) is 3.14. The highest BCUT2D eigenvalue weighted by Crippen LogP contribution is 2.21. The highest BCUT2D eigenvalue weighted by atomic mass is 16.4. The van der Waals surface area contributed by atoms with E-state index in [9.17, 15) is 9.59 Å². The van der Waals surface area contributed by atoms with Crippen LogP contribution in [0.1, 0.15) is 76.7 Å². The number of carbonyl (C=O) groups excluding carboxylic acids is 1. The van der Waals surface area contributed by atoms with E-state index in [1.807, 2.05) is 12.1 Å². The molecular formula is C23H36N2O3. The Kier molecular flexibility index (Phi) is 9.87. The Hall–Kier alpha value is -2.04. The van der Waals surface area contributed by atoms with E-state index in [0.29, 0.717) is 19.5 Å². The monoisotopic (exact) mass is 388 g/mol. The number of benzene rings is 1. The van der Waals surface area contributed by atoms with Crippen LogP contribution in [0.4, 0.5) is 10.5 Å². The van der Waals surface area contributed by atoms with Gasteiger partial charge in [-0.1, -0.05) is 64.0 Å². The molecule has 2 N–H and O–H groups in total. The first-order valence-corrected chi connectivity index (χ1v) is 10.9. The van der Waals surface area contributed by atoms with Crippen LogP contribution in [0, 0.1) is 5.92 Å². The number of hydrogen-bond acceptors (Lipinski definition) is 2. The minimum absolute atomic E-state index is 0.0342. The van der Waals surface area contributed by atoms with Gasteiger partial charge in [0.05, 0.1) is 0 Å². The molecule has 1 aromatic carbocycles. The number of nitrogens with one attached hydrogen (secondary N) is 1. The van der Waals surface area contributed by atoms with Gasteiger partial charge in [-0.3, -0.25) is 4.79 Å². The maximum absolute atomic E-state index is 12.2. The Morgan fingerprint density at radius 3 is 2.29 bits per heavy atom. The zero-order chi connectivity index (χ0) is 20.2. The van der Waals surface area contributed by atoms with Gasteiger partial charge in [-0.15, -0.1) is 0 Å². The van der Waals surface area contributed by atoms with Crippen molar-refractivity contribution in [3.8, 4) is 0 Å². The van der Waals surface area contributed by atoms with Crippen molar-refractivity contribution in [1.29, 1.82) is 0 Å². The topological polar surface area (TPSA) is 69.6 Å². The van der Waals surface area contributed by atoms with E-state index in [-0.39, 0.29) is 11.8 Å². The Labute approximate surface area is 169 Å². The minimum Gasteiger partial charge on any atom is -0.465 e. The number of nitrogens with zero attached hydrogens (tertiary/aromatic N) is 1. The van der Waals surface area contributed by atoms with Crippen molar-refractivity contribution < 1.29 is 14.7 Å². The molecule has 2 rings (SSSR count). The molecule has 28 heavy (non-hydrogen) atoms. The van der Waals surface area contributed by atoms with Gasteiger partial charge < -0.3 is 15.3 Å². The van der Waals surface area contributed by atoms with E-state index in [2.05, 4.69) is 24.4 Å². The molecule has 0 aliphatic carbocycles. The van der Waals surface area contributed by atoms with Crippen LogP contribution >= 0.6 is 0 Å². The molecular weight excluding hydrogens is 352 g/mol. The normalized spacial score (nSPS) is 16.3. The van der Waals surface area contributed by atoms with E-state index in [4.69, 9.17) is 5.11 Å². The smallest absolute Gasteiger partial charge is 0.407 e. The summed E-state index contributed by atoms with van der Waals surface area (Å²) in [5, 5.41) is 11.9. The molecule has 1 atom stereocenters. The van der Waals surface area contributed by atoms with Crippen LogP contribution in [0.25, 0.3) is 0 Å². The Balaban J connectivity index is 1.60. The summed E-state index contributed by atoms with van der Waals surface area (Å²) in [6.07, 6.45) is 12.0. The van der Waals surface area contributed by atoms with Crippen LogP contribution in [0.3, 0.4) is 0 Å². The van der Waals surface area contributed by atoms with Crippen molar-refractivity contribution >= 4 is 17.7 Å². The number of anilines is 1. The second-order valence-electron chi connectivity index (χ2n) is 8.06. The standard InChI is InChI=1S/C23H36N2O3/c1-2-3-4-5-6-7-8-9-10-19-11-13-21(14-12-19)24-22(26)17-20-15-16-25(18-20)23(27)28/h11-14,20H,2-10,15-18H2,1H3,(H,24,26)(H,27,28)/t20-/m1/s1. The van der Waals surface area contributed by atoms with Crippen LogP contribution < -0.4 is 5.32 Å². The van der Waals surface area contributed by atoms with E-state index in [0.717, 1.165) is 18.5 Å². The van der Waals surface area contributed by atoms with Gasteiger partial charge in [-0.2, -0.15) is 0 Å². The zero-order valence-corrected chi connectivity index (χ0v) is 17.3. The molecule has 1 aliphatic heterocycles. The van der Waals surface area contributed by atoms with Crippen molar-refractivity contribution in [2.24, 2.45) is 5.92 Å². The summed E-state index contributed by atoms with van der Waals surface area (Å²) in [6, 6.07) is 8.13. The van der Waals surface area contributed by atoms with Crippen molar-refractivity contribution in [3.63, 3.8) is 0 Å². The Morgan fingerprint density at radius 2 is 1.68 bits per heavy atom. The summed E-state index contributed by atoms with van der Waals surface area (Å²) >= 11 is 0. The molecule has 5 heteroatoms. The summed E-state index contributed by atoms with van der Waals surface area (Å²) in [6.45, 7) is 3.24. The zero-order valence-electron chi connectivity index (χ0n) is 17.3. The van der Waals surface area contributed by atoms with Gasteiger partial charge in [0.15, 0.2) is 0 Å². The van der Waals surface area contributed by atoms with E-state index >= 15 is 0 Å². The maximum atomic E-state index is 12.2. The Bertz CT molecular complexity index is 600. The average molecular weight is 389 g/mol. The molecule has 1 fully saturated rings. The van der Waals surface area contributed by atoms with Crippen molar-refractivity contribution in [3.05, 3.63) is 29.8 Å². The van der Waals surface area contributed by atoms with Gasteiger partial charge in [0.2, 0.25) is 5.91 Å². The van der Waals surface area contributed by atoms with Crippen LogP contribution in [-0.4, -0.2) is 35.1 Å². The highest BCUT2D eigenvalue weighted by Gasteiger charge is 2.27. The largest absolute Gasteiger partial charge is 0.465 e. The van der Waals surface area contributed by atoms with E-state index < -0.39 is 6.09 Å². The van der Waals surface area contributed by atoms with E-state index in [1.54, 1.807) is 0 Å². The quantitative estimate of drug-likeness (QED) is 0.451. The fraction of sp³-hybridized carbons (Fsp3) is 0.652. The van der Waals surface area contributed by atoms with Gasteiger partial charge >= 0.3 is 6.09 Å². The second-order valence-corrected chi connectivity index (χ2v) is 8.06. The first-order chi connectivity index (χ1) is 13.6. The first-order valence-electron chi connectivity index (χ1n) is 10.9. The molecule has 5 nitrogen and oxygen atoms in total. The first kappa shape index (κ1) is 22.3. The number of likely N-dealkylation sites (tertiary alicyclic amines) is 1. The summed E-state index contributed by atoms with van der Waals surface area (Å²) in [5.74, 6) is 0.0883. The molecule has 0 aromatic heterocycles. The fourth-order valence-electron chi connectivity index (χ4n) is 3.86. The number of hydrogen-bond donors (Lipinski definition) is 2. The molecule has 1 aromatic rings.